The van der Waals surface area contributed by atoms with Crippen LogP contribution >= 0.6 is 22.7 Å². The van der Waals surface area contributed by atoms with Gasteiger partial charge in [-0.3, -0.25) is 38.1 Å². The smallest absolute Gasteiger partial charge is 0.404 e. The number of thiazole rings is 2. The second-order valence-electron chi connectivity index (χ2n) is 23.2. The number of imidazole rings is 1. The standard InChI is InChI=1S/C55H83N17O21S3.H2O4S/c1-20-33(69-46(72-44(20)58)25(12-31(57)76)64-13-24(56)45(59)82)50(86)71-35(41(26-14-61-19-65-26)91-54-43(39(80)37(78)29(15-73)90-54)92-53-40(81)42(93-55(60)88)38(79)30(16-74)89-53)51(87)66-22(3)36(77)21(2)47(83)70-34(23(4)75)49(85)63-10-8-32-67-28(18-94-32)52-68-27(17-95-52)48(84)62-9-7-11-96(5)6;1-5(2,3)4/h14,17-19,21-25,29-30,34-43,53-54,64,73-75,77-81H,7-13,15-16,56H2,1-6H3,(H13-,57,58,59,60,61,62,63,65,66,69,70,71,72,76,82,83,84,85,86,87,88);(H2,1,2,3,4)/t21-,22+,23+,24-,25-,29-,30+,34-,35-,36+,37+,38+,39-,40-,41+,42-,43-,53+,54-;/m0./s1. The minimum absolute atomic E-state index is 0.00498. The molecule has 0 aliphatic carbocycles. The minimum Gasteiger partial charge on any atom is -0.726 e. The number of carbonyl (C=O) groups is 8. The number of hydrogen-bond acceptors (Lipinski definition) is 34. The Balaban J connectivity index is 0.00000354. The first-order valence-corrected chi connectivity index (χ1v) is 35.9. The molecule has 564 valence electrons. The lowest BCUT2D eigenvalue weighted by atomic mass is 9.96. The van der Waals surface area contributed by atoms with Crippen LogP contribution in [0.5, 0.6) is 0 Å². The average Bonchev–Trinajstić information content (AvgIpc) is 1.16. The summed E-state index contributed by atoms with van der Waals surface area (Å²) in [6.07, 6.45) is -20.0. The monoisotopic (exact) mass is 1510 g/mol. The first-order valence-electron chi connectivity index (χ1n) is 30.5. The summed E-state index contributed by atoms with van der Waals surface area (Å²) in [5.41, 5.74) is 28.1. The summed E-state index contributed by atoms with van der Waals surface area (Å²) >= 11 is 2.52. The van der Waals surface area contributed by atoms with Gasteiger partial charge in [-0.05, 0) is 31.7 Å². The molecule has 0 spiro atoms. The summed E-state index contributed by atoms with van der Waals surface area (Å²) in [5, 5.41) is 108. The molecule has 19 atom stereocenters. The lowest BCUT2D eigenvalue weighted by Gasteiger charge is -2.47. The first kappa shape index (κ1) is 84.2. The molecule has 6 heterocycles. The highest BCUT2D eigenvalue weighted by Crippen LogP contribution is 2.35. The molecule has 0 bridgehead atoms. The Bertz CT molecular complexity index is 3540. The number of nitrogens with zero attached hydrogens (tertiary/aromatic N) is 5. The Hall–Kier alpha value is -7.43. The molecular formula is C55H85N17O25S4. The molecule has 2 aliphatic heterocycles. The third-order valence-electron chi connectivity index (χ3n) is 15.3. The number of ether oxygens (including phenoxy) is 5. The van der Waals surface area contributed by atoms with Crippen LogP contribution in [0.25, 0.3) is 10.7 Å². The molecule has 42 nitrogen and oxygen atoms in total. The van der Waals surface area contributed by atoms with Gasteiger partial charge < -0.3 is 135 Å². The number of nitrogens with one attached hydrogen (secondary N) is 7. The average molecular weight is 1510 g/mol. The van der Waals surface area contributed by atoms with Crippen molar-refractivity contribution in [1.82, 2.24) is 61.8 Å². The molecule has 0 aromatic carbocycles. The third kappa shape index (κ3) is 24.6. The Morgan fingerprint density at radius 1 is 0.802 bits per heavy atom. The summed E-state index contributed by atoms with van der Waals surface area (Å²) in [4.78, 5) is 131. The molecule has 0 radical (unpaired) electrons. The molecule has 101 heavy (non-hydrogen) atoms. The fourth-order valence-electron chi connectivity index (χ4n) is 9.80. The number of aromatic nitrogens is 6. The number of amides is 8. The van der Waals surface area contributed by atoms with Gasteiger partial charge in [-0.15, -0.1) is 22.7 Å². The van der Waals surface area contributed by atoms with E-state index in [4.69, 9.17) is 69.9 Å². The van der Waals surface area contributed by atoms with Gasteiger partial charge >= 0.3 is 6.09 Å². The Morgan fingerprint density at radius 3 is 2.05 bits per heavy atom. The third-order valence-corrected chi connectivity index (χ3v) is 18.2. The van der Waals surface area contributed by atoms with Crippen LogP contribution in [0.4, 0.5) is 10.6 Å². The topological polar surface area (TPSA) is 705 Å². The van der Waals surface area contributed by atoms with Crippen molar-refractivity contribution >= 4 is 97.2 Å². The largest absolute Gasteiger partial charge is 0.726 e. The second kappa shape index (κ2) is 38.7. The van der Waals surface area contributed by atoms with Crippen LogP contribution in [-0.4, -0.2) is 285 Å². The van der Waals surface area contributed by atoms with E-state index in [9.17, 15) is 74.4 Å². The molecule has 26 N–H and O–H groups in total. The van der Waals surface area contributed by atoms with Crippen LogP contribution in [0, 0.1) is 12.8 Å². The molecule has 2 aliphatic rings. The number of primary amides is 3. The SMILES string of the molecule is Cc1c(N)nc([C@H](CC(N)=O)NC[C@H](N)C(N)=O)nc1C(=O)N[C@H](C(=O)N[C@H](C)[C@H](O)[C@H](C)C(=O)N[C@H](C(=O)NCCc1nc(-c2nc(C(=O)NCCC[S+](C)C)cs2)cs1)[C@@H](C)O)[C@H](O[C@@H]1O[C@@H](CO)[C@@H](O)[C@H](O)[C@@H]1O[C@H]1O[C@H](CO)[C@@H](O)[C@H](OC(N)=O)[C@@H]1O)c1cnc[nH]1.O=S(=O)([O-])O. The maximum Gasteiger partial charge on any atom is 0.404 e. The van der Waals surface area contributed by atoms with Crippen LogP contribution in [-0.2, 0) is 75.4 Å². The zero-order chi connectivity index (χ0) is 75.5. The number of carbonyl (C=O) groups excluding carboxylic acids is 8. The summed E-state index contributed by atoms with van der Waals surface area (Å²) in [5.74, 6) is -7.69. The number of rotatable bonds is 35. The minimum atomic E-state index is -4.92. The van der Waals surface area contributed by atoms with E-state index in [1.807, 2.05) is 0 Å². The zero-order valence-corrected chi connectivity index (χ0v) is 58.2. The van der Waals surface area contributed by atoms with E-state index >= 15 is 4.79 Å². The van der Waals surface area contributed by atoms with Gasteiger partial charge in [-0.2, -0.15) is 0 Å². The maximum absolute atomic E-state index is 15.2. The van der Waals surface area contributed by atoms with Crippen molar-refractivity contribution in [2.75, 3.05) is 56.8 Å². The van der Waals surface area contributed by atoms with Crippen molar-refractivity contribution in [2.24, 2.45) is 28.9 Å². The zero-order valence-electron chi connectivity index (χ0n) is 55.0. The predicted molar refractivity (Wildman–Crippen MR) is 351 cm³/mol. The van der Waals surface area contributed by atoms with Crippen molar-refractivity contribution in [1.29, 1.82) is 0 Å². The molecule has 2 saturated heterocycles. The summed E-state index contributed by atoms with van der Waals surface area (Å²) in [6.45, 7) is 3.18. The van der Waals surface area contributed by atoms with Gasteiger partial charge in [0.15, 0.2) is 18.7 Å². The van der Waals surface area contributed by atoms with E-state index in [0.29, 0.717) is 22.3 Å². The van der Waals surface area contributed by atoms with Crippen LogP contribution < -0.4 is 60.6 Å². The molecule has 4 aromatic heterocycles. The number of nitrogen functional groups attached to an aromatic ring is 1. The highest BCUT2D eigenvalue weighted by molar-refractivity contribution is 7.95. The summed E-state index contributed by atoms with van der Waals surface area (Å²) in [7, 11) is -4.66. The van der Waals surface area contributed by atoms with Gasteiger partial charge in [0.05, 0.1) is 85.2 Å². The molecule has 2 fully saturated rings. The van der Waals surface area contributed by atoms with Gasteiger partial charge in [-0.1, -0.05) is 6.92 Å². The molecule has 0 saturated carbocycles. The molecule has 4 aromatic rings. The number of nitrogens with two attached hydrogens (primary N) is 5. The van der Waals surface area contributed by atoms with Gasteiger partial charge in [0, 0.05) is 55.2 Å². The van der Waals surface area contributed by atoms with E-state index < -0.39 is 193 Å². The molecule has 46 heteroatoms. The second-order valence-corrected chi connectivity index (χ2v) is 28.3. The normalized spacial score (nSPS) is 23.4. The van der Waals surface area contributed by atoms with Crippen molar-refractivity contribution < 1.29 is 120 Å². The summed E-state index contributed by atoms with van der Waals surface area (Å²) in [6, 6.07) is -7.85. The van der Waals surface area contributed by atoms with Crippen LogP contribution in [0.2, 0.25) is 0 Å². The number of hydrogen-bond donors (Lipinski definition) is 21. The van der Waals surface area contributed by atoms with Crippen molar-refractivity contribution in [3.05, 3.63) is 56.8 Å². The van der Waals surface area contributed by atoms with Gasteiger partial charge in [0.2, 0.25) is 39.9 Å². The first-order chi connectivity index (χ1) is 47.3. The van der Waals surface area contributed by atoms with Crippen molar-refractivity contribution in [3.8, 4) is 10.7 Å². The maximum atomic E-state index is 15.2. The van der Waals surface area contributed by atoms with E-state index in [2.05, 4.69) is 74.3 Å². The lowest BCUT2D eigenvalue weighted by Crippen LogP contribution is -2.65. The van der Waals surface area contributed by atoms with E-state index in [1.165, 1.54) is 50.4 Å². The van der Waals surface area contributed by atoms with E-state index in [1.54, 1.807) is 10.8 Å². The number of aromatic amines is 1. The van der Waals surface area contributed by atoms with E-state index in [-0.39, 0.29) is 64.9 Å². The van der Waals surface area contributed by atoms with Crippen LogP contribution in [0.1, 0.15) is 88.8 Å². The highest BCUT2D eigenvalue weighted by atomic mass is 32.3. The molecule has 0 unspecified atom stereocenters. The van der Waals surface area contributed by atoms with Gasteiger partial charge in [-0.25, -0.2) is 38.1 Å². The van der Waals surface area contributed by atoms with E-state index in [0.717, 1.165) is 24.7 Å². The Labute approximate surface area is 586 Å². The molecular weight excluding hydrogens is 1430 g/mol. The molecule has 8 amide bonds. The van der Waals surface area contributed by atoms with Crippen molar-refractivity contribution in [2.45, 2.75) is 157 Å². The fourth-order valence-corrected chi connectivity index (χ4v) is 12.1. The van der Waals surface area contributed by atoms with Crippen molar-refractivity contribution in [3.63, 3.8) is 0 Å². The number of aliphatic hydroxyl groups excluding tert-OH is 8. The molecule has 6 rings (SSSR count). The number of anilines is 1. The van der Waals surface area contributed by atoms with Crippen LogP contribution in [0.3, 0.4) is 0 Å². The predicted octanol–water partition coefficient (Wildman–Crippen LogP) is -8.70. The van der Waals surface area contributed by atoms with Gasteiger partial charge in [0.25, 0.3) is 11.8 Å². The number of aliphatic hydroxyl groups is 8. The summed E-state index contributed by atoms with van der Waals surface area (Å²) < 4.78 is 61.6. The van der Waals surface area contributed by atoms with Crippen LogP contribution in [0.15, 0.2) is 23.3 Å². The highest BCUT2D eigenvalue weighted by Gasteiger charge is 2.54. The fraction of sp³-hybridized carbons (Fsp3) is 0.618. The lowest BCUT2D eigenvalue weighted by molar-refractivity contribution is -0.372. The number of H-pyrrole nitrogens is 1. The quantitative estimate of drug-likeness (QED) is 0.00880. The van der Waals surface area contributed by atoms with Gasteiger partial charge in [0.1, 0.15) is 100 Å². The Morgan fingerprint density at radius 2 is 1.46 bits per heavy atom. The Kier molecular flexibility index (Phi) is 32.3.